The summed E-state index contributed by atoms with van der Waals surface area (Å²) < 4.78 is 25.8. The maximum Gasteiger partial charge on any atom is 0.166 e. The molecule has 0 unspecified atom stereocenters. The van der Waals surface area contributed by atoms with Crippen LogP contribution in [-0.2, 0) is 4.79 Å². The molecule has 1 aromatic rings. The van der Waals surface area contributed by atoms with Gasteiger partial charge in [-0.2, -0.15) is 0 Å². The number of halogens is 2. The molecule has 0 fully saturated rings. The molecule has 0 saturated carbocycles. The number of carbonyl (C=O) groups excluding carboxylic acids is 1. The van der Waals surface area contributed by atoms with Crippen molar-refractivity contribution in [3.8, 4) is 0 Å². The average molecular weight is 196 g/mol. The lowest BCUT2D eigenvalue weighted by Gasteiger charge is -1.99. The number of allylic oxidation sites excluding steroid dienone is 1. The van der Waals surface area contributed by atoms with Crippen LogP contribution in [-0.4, -0.2) is 5.78 Å². The summed E-state index contributed by atoms with van der Waals surface area (Å²) >= 11 is 0. The minimum Gasteiger partial charge on any atom is -0.295 e. The van der Waals surface area contributed by atoms with E-state index in [0.717, 1.165) is 6.07 Å². The van der Waals surface area contributed by atoms with E-state index >= 15 is 0 Å². The first kappa shape index (κ1) is 10.6. The van der Waals surface area contributed by atoms with E-state index in [1.807, 2.05) is 0 Å². The minimum atomic E-state index is -0.923. The Balaban J connectivity index is 3.15. The van der Waals surface area contributed by atoms with Crippen molar-refractivity contribution >= 4 is 11.9 Å². The molecule has 1 aromatic carbocycles. The van der Waals surface area contributed by atoms with Crippen molar-refractivity contribution in [2.45, 2.75) is 13.8 Å². The van der Waals surface area contributed by atoms with E-state index in [1.165, 1.54) is 25.1 Å². The van der Waals surface area contributed by atoms with E-state index in [4.69, 9.17) is 0 Å². The summed E-state index contributed by atoms with van der Waals surface area (Å²) in [6, 6.07) is 3.86. The van der Waals surface area contributed by atoms with E-state index in [1.54, 1.807) is 6.92 Å². The number of hydrogen-bond donors (Lipinski definition) is 0. The van der Waals surface area contributed by atoms with Crippen molar-refractivity contribution in [1.82, 2.24) is 0 Å². The van der Waals surface area contributed by atoms with Crippen molar-refractivity contribution in [3.63, 3.8) is 0 Å². The van der Waals surface area contributed by atoms with Gasteiger partial charge in [-0.15, -0.1) is 0 Å². The summed E-state index contributed by atoms with van der Waals surface area (Å²) in [5.41, 5.74) is 0.493. The van der Waals surface area contributed by atoms with Crippen molar-refractivity contribution in [2.75, 3.05) is 0 Å². The van der Waals surface area contributed by atoms with Gasteiger partial charge in [0.2, 0.25) is 0 Å². The Hall–Kier alpha value is -1.51. The molecule has 0 heterocycles. The summed E-state index contributed by atoms with van der Waals surface area (Å²) in [6.07, 6.45) is 1.33. The zero-order valence-corrected chi connectivity index (χ0v) is 7.97. The van der Waals surface area contributed by atoms with Gasteiger partial charge in [0.15, 0.2) is 17.4 Å². The van der Waals surface area contributed by atoms with Crippen molar-refractivity contribution in [3.05, 3.63) is 41.0 Å². The molecule has 0 radical (unpaired) electrons. The van der Waals surface area contributed by atoms with Gasteiger partial charge in [0.05, 0.1) is 0 Å². The first-order valence-corrected chi connectivity index (χ1v) is 4.15. The lowest BCUT2D eigenvalue weighted by Crippen LogP contribution is -1.93. The third-order valence-electron chi connectivity index (χ3n) is 1.91. The van der Waals surface area contributed by atoms with Crippen LogP contribution in [0.3, 0.4) is 0 Å². The van der Waals surface area contributed by atoms with Crippen molar-refractivity contribution in [2.24, 2.45) is 0 Å². The molecule has 14 heavy (non-hydrogen) atoms. The van der Waals surface area contributed by atoms with Crippen LogP contribution in [0, 0.1) is 11.6 Å². The van der Waals surface area contributed by atoms with E-state index in [2.05, 4.69) is 0 Å². The van der Waals surface area contributed by atoms with Crippen molar-refractivity contribution < 1.29 is 13.6 Å². The molecule has 0 aromatic heterocycles. The highest BCUT2D eigenvalue weighted by atomic mass is 19.2. The van der Waals surface area contributed by atoms with Gasteiger partial charge in [-0.25, -0.2) is 8.78 Å². The molecule has 0 bridgehead atoms. The molecule has 1 rings (SSSR count). The molecule has 0 atom stereocenters. The predicted molar refractivity (Wildman–Crippen MR) is 50.7 cm³/mol. The van der Waals surface area contributed by atoms with Gasteiger partial charge in [0.1, 0.15) is 0 Å². The number of Topliss-reactive ketones (excluding diaryl/α,β-unsaturated/α-hetero) is 1. The van der Waals surface area contributed by atoms with Gasteiger partial charge < -0.3 is 0 Å². The molecule has 0 aliphatic heterocycles. The maximum absolute atomic E-state index is 13.1. The fourth-order valence-corrected chi connectivity index (χ4v) is 0.967. The van der Waals surface area contributed by atoms with E-state index in [-0.39, 0.29) is 11.3 Å². The Morgan fingerprint density at radius 2 is 1.93 bits per heavy atom. The lowest BCUT2D eigenvalue weighted by atomic mass is 10.1. The second-order valence-corrected chi connectivity index (χ2v) is 3.03. The quantitative estimate of drug-likeness (QED) is 0.664. The fourth-order valence-electron chi connectivity index (χ4n) is 0.967. The van der Waals surface area contributed by atoms with Crippen LogP contribution >= 0.6 is 0 Å². The van der Waals surface area contributed by atoms with Gasteiger partial charge in [-0.3, -0.25) is 4.79 Å². The Kier molecular flexibility index (Phi) is 3.12. The van der Waals surface area contributed by atoms with Crippen LogP contribution in [0.25, 0.3) is 6.08 Å². The number of hydrogen-bond acceptors (Lipinski definition) is 1. The monoisotopic (exact) mass is 196 g/mol. The molecule has 74 valence electrons. The second kappa shape index (κ2) is 4.13. The summed E-state index contributed by atoms with van der Waals surface area (Å²) in [6.45, 7) is 2.94. The van der Waals surface area contributed by atoms with Gasteiger partial charge in [-0.05, 0) is 31.6 Å². The summed E-state index contributed by atoms with van der Waals surface area (Å²) in [7, 11) is 0. The van der Waals surface area contributed by atoms with E-state index in [9.17, 15) is 13.6 Å². The minimum absolute atomic E-state index is 0.0951. The molecular weight excluding hydrogens is 186 g/mol. The van der Waals surface area contributed by atoms with Crippen molar-refractivity contribution in [1.29, 1.82) is 0 Å². The van der Waals surface area contributed by atoms with Crippen LogP contribution < -0.4 is 0 Å². The zero-order valence-electron chi connectivity index (χ0n) is 7.97. The highest BCUT2D eigenvalue weighted by molar-refractivity contribution is 5.97. The topological polar surface area (TPSA) is 17.1 Å². The van der Waals surface area contributed by atoms with Gasteiger partial charge in [0.25, 0.3) is 0 Å². The second-order valence-electron chi connectivity index (χ2n) is 3.03. The molecule has 0 N–H and O–H groups in total. The maximum atomic E-state index is 13.1. The smallest absolute Gasteiger partial charge is 0.166 e. The summed E-state index contributed by atoms with van der Waals surface area (Å²) in [4.78, 5) is 10.9. The Morgan fingerprint density at radius 3 is 2.50 bits per heavy atom. The Labute approximate surface area is 81.1 Å². The molecule has 0 aliphatic carbocycles. The Morgan fingerprint density at radius 1 is 1.29 bits per heavy atom. The predicted octanol–water partition coefficient (Wildman–Crippen LogP) is 2.96. The third kappa shape index (κ3) is 2.25. The third-order valence-corrected chi connectivity index (χ3v) is 1.91. The fraction of sp³-hybridized carbons (Fsp3) is 0.182. The summed E-state index contributed by atoms with van der Waals surface area (Å²) in [5, 5.41) is 0. The summed E-state index contributed by atoms with van der Waals surface area (Å²) in [5.74, 6) is -1.99. The number of carbonyl (C=O) groups is 1. The number of ketones is 1. The highest BCUT2D eigenvalue weighted by Crippen LogP contribution is 2.14. The van der Waals surface area contributed by atoms with E-state index in [0.29, 0.717) is 5.57 Å². The number of benzene rings is 1. The molecular formula is C11H10F2O. The van der Waals surface area contributed by atoms with Crippen LogP contribution in [0.4, 0.5) is 8.78 Å². The van der Waals surface area contributed by atoms with Gasteiger partial charge in [0, 0.05) is 5.56 Å². The highest BCUT2D eigenvalue weighted by Gasteiger charge is 2.06. The van der Waals surface area contributed by atoms with Crippen LogP contribution in [0.2, 0.25) is 0 Å². The van der Waals surface area contributed by atoms with Crippen LogP contribution in [0.1, 0.15) is 19.4 Å². The standard InChI is InChI=1S/C11H10F2O/c1-7(8(2)14)6-9-4-3-5-10(12)11(9)13/h3-6H,1-2H3/b7-6+. The molecule has 0 amide bonds. The first-order chi connectivity index (χ1) is 6.52. The molecule has 1 nitrogen and oxygen atoms in total. The SMILES string of the molecule is CC(=O)/C(C)=C/c1cccc(F)c1F. The molecule has 3 heteroatoms. The van der Waals surface area contributed by atoms with Gasteiger partial charge in [-0.1, -0.05) is 12.1 Å². The lowest BCUT2D eigenvalue weighted by molar-refractivity contribution is -0.113. The van der Waals surface area contributed by atoms with Crippen LogP contribution in [0.5, 0.6) is 0 Å². The normalized spacial score (nSPS) is 11.6. The molecule has 0 aliphatic rings. The first-order valence-electron chi connectivity index (χ1n) is 4.15. The largest absolute Gasteiger partial charge is 0.295 e. The van der Waals surface area contributed by atoms with Gasteiger partial charge >= 0.3 is 0 Å². The molecule has 0 spiro atoms. The average Bonchev–Trinajstić information content (AvgIpc) is 2.12. The van der Waals surface area contributed by atoms with Crippen LogP contribution in [0.15, 0.2) is 23.8 Å². The Bertz CT molecular complexity index is 394. The molecule has 0 saturated heterocycles. The number of rotatable bonds is 2. The zero-order chi connectivity index (χ0) is 10.7. The van der Waals surface area contributed by atoms with E-state index < -0.39 is 11.6 Å².